The van der Waals surface area contributed by atoms with Crippen LogP contribution in [0.15, 0.2) is 29.3 Å². The Labute approximate surface area is 125 Å². The molecule has 112 valence electrons. The molecule has 0 bridgehead atoms. The molecule has 0 aromatic heterocycles. The third-order valence-corrected chi connectivity index (χ3v) is 4.29. The first kappa shape index (κ1) is 14.0. The molecule has 0 radical (unpaired) electrons. The number of nitrogens with zero attached hydrogens (tertiary/aromatic N) is 1. The lowest BCUT2D eigenvalue weighted by Gasteiger charge is -2.29. The molecule has 1 heterocycles. The van der Waals surface area contributed by atoms with Gasteiger partial charge in [-0.2, -0.15) is 0 Å². The summed E-state index contributed by atoms with van der Waals surface area (Å²) in [6.07, 6.45) is 4.60. The zero-order valence-corrected chi connectivity index (χ0v) is 12.6. The Hall–Kier alpha value is -1.97. The summed E-state index contributed by atoms with van der Waals surface area (Å²) < 4.78 is 10.5. The zero-order chi connectivity index (χ0) is 14.8. The van der Waals surface area contributed by atoms with Gasteiger partial charge in [0.05, 0.1) is 19.8 Å². The molecular formula is C17H21NO3. The summed E-state index contributed by atoms with van der Waals surface area (Å²) in [5.41, 5.74) is 3.82. The number of ether oxygens (including phenoxy) is 2. The Balaban J connectivity index is 1.74. The number of benzene rings is 1. The van der Waals surface area contributed by atoms with E-state index in [2.05, 4.69) is 0 Å². The normalized spacial score (nSPS) is 17.7. The van der Waals surface area contributed by atoms with Gasteiger partial charge in [-0.1, -0.05) is 11.1 Å². The van der Waals surface area contributed by atoms with Crippen LogP contribution in [-0.4, -0.2) is 38.1 Å². The van der Waals surface area contributed by atoms with Gasteiger partial charge in [-0.3, -0.25) is 4.79 Å². The van der Waals surface area contributed by atoms with Crippen molar-refractivity contribution < 1.29 is 14.3 Å². The molecule has 1 saturated carbocycles. The van der Waals surface area contributed by atoms with Crippen LogP contribution in [0.25, 0.3) is 0 Å². The Bertz CT molecular complexity index is 576. The van der Waals surface area contributed by atoms with E-state index in [0.717, 1.165) is 25.9 Å². The van der Waals surface area contributed by atoms with Gasteiger partial charge in [-0.05, 0) is 37.8 Å². The molecular weight excluding hydrogens is 266 g/mol. The molecule has 1 aromatic carbocycles. The molecule has 2 aliphatic rings. The highest BCUT2D eigenvalue weighted by atomic mass is 16.5. The first-order chi connectivity index (χ1) is 10.2. The van der Waals surface area contributed by atoms with E-state index >= 15 is 0 Å². The van der Waals surface area contributed by atoms with Gasteiger partial charge in [0.15, 0.2) is 0 Å². The fourth-order valence-electron chi connectivity index (χ4n) is 2.89. The molecule has 1 aliphatic carbocycles. The Kier molecular flexibility index (Phi) is 3.86. The van der Waals surface area contributed by atoms with Crippen LogP contribution in [0.2, 0.25) is 0 Å². The SMILES string of the molecule is COc1ccc(C(=O)N2CCC(=C3CC3)CC2)c(OC)c1. The van der Waals surface area contributed by atoms with E-state index in [-0.39, 0.29) is 5.91 Å². The van der Waals surface area contributed by atoms with Gasteiger partial charge in [0.1, 0.15) is 11.5 Å². The summed E-state index contributed by atoms with van der Waals surface area (Å²) in [4.78, 5) is 14.6. The van der Waals surface area contributed by atoms with Crippen molar-refractivity contribution in [2.24, 2.45) is 0 Å². The number of rotatable bonds is 3. The van der Waals surface area contributed by atoms with E-state index in [1.54, 1.807) is 43.6 Å². The first-order valence-electron chi connectivity index (χ1n) is 7.44. The second-order valence-electron chi connectivity index (χ2n) is 5.57. The average Bonchev–Trinajstić information content (AvgIpc) is 3.38. The number of piperidine rings is 1. The second-order valence-corrected chi connectivity index (χ2v) is 5.57. The quantitative estimate of drug-likeness (QED) is 0.802. The topological polar surface area (TPSA) is 38.8 Å². The van der Waals surface area contributed by atoms with E-state index in [1.165, 1.54) is 12.8 Å². The van der Waals surface area contributed by atoms with Crippen molar-refractivity contribution in [3.05, 3.63) is 34.9 Å². The minimum atomic E-state index is 0.0503. The van der Waals surface area contributed by atoms with Crippen molar-refractivity contribution in [2.75, 3.05) is 27.3 Å². The molecule has 4 nitrogen and oxygen atoms in total. The molecule has 1 aliphatic heterocycles. The number of hydrogen-bond acceptors (Lipinski definition) is 3. The number of hydrogen-bond donors (Lipinski definition) is 0. The Morgan fingerprint density at radius 1 is 1.00 bits per heavy atom. The smallest absolute Gasteiger partial charge is 0.257 e. The predicted molar refractivity (Wildman–Crippen MR) is 80.9 cm³/mol. The van der Waals surface area contributed by atoms with Crippen LogP contribution in [0.1, 0.15) is 36.0 Å². The maximum Gasteiger partial charge on any atom is 0.257 e. The first-order valence-corrected chi connectivity index (χ1v) is 7.44. The van der Waals surface area contributed by atoms with Crippen molar-refractivity contribution in [2.45, 2.75) is 25.7 Å². The minimum Gasteiger partial charge on any atom is -0.497 e. The van der Waals surface area contributed by atoms with Crippen LogP contribution in [-0.2, 0) is 0 Å². The van der Waals surface area contributed by atoms with Crippen molar-refractivity contribution in [1.82, 2.24) is 4.90 Å². The summed E-state index contributed by atoms with van der Waals surface area (Å²) in [6, 6.07) is 5.35. The van der Waals surface area contributed by atoms with Crippen molar-refractivity contribution in [3.8, 4) is 11.5 Å². The largest absolute Gasteiger partial charge is 0.497 e. The lowest BCUT2D eigenvalue weighted by Crippen LogP contribution is -2.36. The highest BCUT2D eigenvalue weighted by Crippen LogP contribution is 2.36. The fraction of sp³-hybridized carbons (Fsp3) is 0.471. The standard InChI is InChI=1S/C17H21NO3/c1-20-14-5-6-15(16(11-14)21-2)17(19)18-9-7-13(8-10-18)12-3-4-12/h5-6,11H,3-4,7-10H2,1-2H3. The number of carbonyl (C=O) groups excluding carboxylic acids is 1. The van der Waals surface area contributed by atoms with E-state index in [0.29, 0.717) is 17.1 Å². The van der Waals surface area contributed by atoms with Crippen LogP contribution in [0, 0.1) is 0 Å². The molecule has 3 rings (SSSR count). The summed E-state index contributed by atoms with van der Waals surface area (Å²) in [7, 11) is 3.19. The number of allylic oxidation sites excluding steroid dienone is 1. The van der Waals surface area contributed by atoms with E-state index < -0.39 is 0 Å². The van der Waals surface area contributed by atoms with Gasteiger partial charge in [-0.25, -0.2) is 0 Å². The van der Waals surface area contributed by atoms with Crippen molar-refractivity contribution in [1.29, 1.82) is 0 Å². The molecule has 1 aromatic rings. The van der Waals surface area contributed by atoms with Gasteiger partial charge in [-0.15, -0.1) is 0 Å². The molecule has 0 atom stereocenters. The Morgan fingerprint density at radius 3 is 2.24 bits per heavy atom. The lowest BCUT2D eigenvalue weighted by molar-refractivity contribution is 0.0740. The highest BCUT2D eigenvalue weighted by Gasteiger charge is 2.26. The maximum absolute atomic E-state index is 12.7. The summed E-state index contributed by atoms with van der Waals surface area (Å²) in [6.45, 7) is 1.62. The molecule has 0 unspecified atom stereocenters. The lowest BCUT2D eigenvalue weighted by atomic mass is 10.0. The number of amides is 1. The monoisotopic (exact) mass is 287 g/mol. The van der Waals surface area contributed by atoms with Crippen LogP contribution in [0.3, 0.4) is 0 Å². The van der Waals surface area contributed by atoms with E-state index in [9.17, 15) is 4.79 Å². The summed E-state index contributed by atoms with van der Waals surface area (Å²) in [5.74, 6) is 1.32. The van der Waals surface area contributed by atoms with Gasteiger partial charge < -0.3 is 14.4 Å². The molecule has 1 amide bonds. The molecule has 21 heavy (non-hydrogen) atoms. The van der Waals surface area contributed by atoms with Gasteiger partial charge in [0, 0.05) is 19.2 Å². The van der Waals surface area contributed by atoms with Crippen LogP contribution >= 0.6 is 0 Å². The third kappa shape index (κ3) is 2.89. The zero-order valence-electron chi connectivity index (χ0n) is 12.6. The number of carbonyl (C=O) groups is 1. The molecule has 0 N–H and O–H groups in total. The maximum atomic E-state index is 12.7. The molecule has 4 heteroatoms. The molecule has 1 saturated heterocycles. The van der Waals surface area contributed by atoms with E-state index in [1.807, 2.05) is 4.90 Å². The van der Waals surface area contributed by atoms with Gasteiger partial charge in [0.25, 0.3) is 5.91 Å². The van der Waals surface area contributed by atoms with E-state index in [4.69, 9.17) is 9.47 Å². The Morgan fingerprint density at radius 2 is 1.67 bits per heavy atom. The summed E-state index contributed by atoms with van der Waals surface area (Å²) >= 11 is 0. The van der Waals surface area contributed by atoms with Crippen LogP contribution < -0.4 is 9.47 Å². The molecule has 2 fully saturated rings. The highest BCUT2D eigenvalue weighted by molar-refractivity contribution is 5.97. The van der Waals surface area contributed by atoms with Gasteiger partial charge >= 0.3 is 0 Å². The number of methoxy groups -OCH3 is 2. The fourth-order valence-corrected chi connectivity index (χ4v) is 2.89. The van der Waals surface area contributed by atoms with Gasteiger partial charge in [0.2, 0.25) is 0 Å². The predicted octanol–water partition coefficient (Wildman–Crippen LogP) is 3.03. The van der Waals surface area contributed by atoms with Crippen molar-refractivity contribution >= 4 is 5.91 Å². The number of likely N-dealkylation sites (tertiary alicyclic amines) is 1. The van der Waals surface area contributed by atoms with Crippen LogP contribution in [0.5, 0.6) is 11.5 Å². The minimum absolute atomic E-state index is 0.0503. The molecule has 0 spiro atoms. The second kappa shape index (κ2) is 5.80. The third-order valence-electron chi connectivity index (χ3n) is 4.29. The average molecular weight is 287 g/mol. The van der Waals surface area contributed by atoms with Crippen molar-refractivity contribution in [3.63, 3.8) is 0 Å². The van der Waals surface area contributed by atoms with Crippen LogP contribution in [0.4, 0.5) is 0 Å². The summed E-state index contributed by atoms with van der Waals surface area (Å²) in [5, 5.41) is 0.